The van der Waals surface area contributed by atoms with Crippen molar-refractivity contribution in [3.05, 3.63) is 43.0 Å². The van der Waals surface area contributed by atoms with Gasteiger partial charge < -0.3 is 10.7 Å². The Bertz CT molecular complexity index is 1250. The minimum Gasteiger partial charge on any atom is -0.359 e. The molecule has 12 nitrogen and oxygen atoms in total. The molecule has 0 bridgehead atoms. The first-order chi connectivity index (χ1) is 14.8. The maximum Gasteiger partial charge on any atom is 0.328 e. The SMILES string of the molecule is Cc1nc2ccc(I)cc2c(=O)n1NCc1nnc(NCC2C(=O)NC(=O)NC2=O)s1. The lowest BCUT2D eigenvalue weighted by Crippen LogP contribution is -2.57. The molecule has 4 N–H and O–H groups in total. The van der Waals surface area contributed by atoms with Crippen molar-refractivity contribution in [2.75, 3.05) is 17.3 Å². The fraction of sp³-hybridized carbons (Fsp3) is 0.235. The average Bonchev–Trinajstić information content (AvgIpc) is 3.15. The summed E-state index contributed by atoms with van der Waals surface area (Å²) < 4.78 is 2.30. The van der Waals surface area contributed by atoms with Crippen LogP contribution in [0.5, 0.6) is 0 Å². The molecule has 3 heterocycles. The Morgan fingerprint density at radius 1 is 1.16 bits per heavy atom. The van der Waals surface area contributed by atoms with Crippen molar-refractivity contribution < 1.29 is 14.4 Å². The molecule has 0 aliphatic carbocycles. The quantitative estimate of drug-likeness (QED) is 0.248. The number of urea groups is 1. The highest BCUT2D eigenvalue weighted by atomic mass is 127. The number of nitrogens with zero attached hydrogens (tertiary/aromatic N) is 4. The van der Waals surface area contributed by atoms with Crippen molar-refractivity contribution in [1.29, 1.82) is 0 Å². The van der Waals surface area contributed by atoms with E-state index in [0.29, 0.717) is 26.9 Å². The van der Waals surface area contributed by atoms with Gasteiger partial charge in [0.1, 0.15) is 16.7 Å². The Hall–Kier alpha value is -3.14. The van der Waals surface area contributed by atoms with E-state index in [4.69, 9.17) is 0 Å². The van der Waals surface area contributed by atoms with Gasteiger partial charge in [0, 0.05) is 10.1 Å². The Balaban J connectivity index is 1.42. The third-order valence-corrected chi connectivity index (χ3v) is 5.97. The van der Waals surface area contributed by atoms with Crippen molar-refractivity contribution in [3.8, 4) is 0 Å². The van der Waals surface area contributed by atoms with Gasteiger partial charge in [-0.05, 0) is 47.7 Å². The van der Waals surface area contributed by atoms with Crippen molar-refractivity contribution in [2.24, 2.45) is 5.92 Å². The number of aryl methyl sites for hydroxylation is 1. The molecule has 1 aliphatic rings. The molecule has 31 heavy (non-hydrogen) atoms. The van der Waals surface area contributed by atoms with Crippen LogP contribution in [0.15, 0.2) is 23.0 Å². The predicted octanol–water partition coefficient (Wildman–Crippen LogP) is 0.299. The molecule has 3 aromatic rings. The fourth-order valence-corrected chi connectivity index (χ4v) is 4.09. The molecule has 0 unspecified atom stereocenters. The van der Waals surface area contributed by atoms with E-state index in [1.54, 1.807) is 19.1 Å². The molecule has 0 spiro atoms. The molecule has 1 aliphatic heterocycles. The topological polar surface area (TPSA) is 160 Å². The van der Waals surface area contributed by atoms with Crippen LogP contribution in [0.1, 0.15) is 10.8 Å². The molecule has 0 saturated carbocycles. The molecule has 1 fully saturated rings. The molecular formula is C17H15IN8O4S. The van der Waals surface area contributed by atoms with Gasteiger partial charge >= 0.3 is 6.03 Å². The van der Waals surface area contributed by atoms with Crippen LogP contribution in [0.25, 0.3) is 10.9 Å². The number of aromatic nitrogens is 4. The summed E-state index contributed by atoms with van der Waals surface area (Å²) in [5, 5.41) is 16.4. The van der Waals surface area contributed by atoms with Gasteiger partial charge in [0.05, 0.1) is 17.4 Å². The van der Waals surface area contributed by atoms with E-state index in [0.717, 1.165) is 3.57 Å². The number of carbonyl (C=O) groups is 3. The third-order valence-electron chi connectivity index (χ3n) is 4.42. The van der Waals surface area contributed by atoms with Crippen molar-refractivity contribution in [1.82, 2.24) is 30.5 Å². The van der Waals surface area contributed by atoms with Gasteiger partial charge in [-0.25, -0.2) is 14.5 Å². The number of hydrogen-bond acceptors (Lipinski definition) is 10. The lowest BCUT2D eigenvalue weighted by molar-refractivity contribution is -0.135. The lowest BCUT2D eigenvalue weighted by Gasteiger charge is -2.20. The minimum absolute atomic E-state index is 0.0429. The number of carbonyl (C=O) groups excluding carboxylic acids is 3. The first-order valence-corrected chi connectivity index (χ1v) is 10.9. The summed E-state index contributed by atoms with van der Waals surface area (Å²) in [5.74, 6) is -1.91. The van der Waals surface area contributed by atoms with Crippen LogP contribution in [-0.2, 0) is 16.1 Å². The van der Waals surface area contributed by atoms with Gasteiger partial charge in [-0.3, -0.25) is 25.0 Å². The molecule has 2 aromatic heterocycles. The Morgan fingerprint density at radius 3 is 2.65 bits per heavy atom. The van der Waals surface area contributed by atoms with E-state index >= 15 is 0 Å². The minimum atomic E-state index is -1.06. The summed E-state index contributed by atoms with van der Waals surface area (Å²) in [6.45, 7) is 1.90. The van der Waals surface area contributed by atoms with E-state index in [-0.39, 0.29) is 18.6 Å². The summed E-state index contributed by atoms with van der Waals surface area (Å²) >= 11 is 3.34. The lowest BCUT2D eigenvalue weighted by atomic mass is 10.1. The zero-order chi connectivity index (χ0) is 22.1. The molecule has 4 amide bonds. The number of nitrogens with one attached hydrogen (secondary N) is 4. The van der Waals surface area contributed by atoms with Gasteiger partial charge in [0.2, 0.25) is 16.9 Å². The molecule has 0 atom stereocenters. The van der Waals surface area contributed by atoms with Crippen LogP contribution < -0.4 is 26.9 Å². The van der Waals surface area contributed by atoms with E-state index in [1.165, 1.54) is 16.0 Å². The van der Waals surface area contributed by atoms with E-state index in [1.807, 2.05) is 16.7 Å². The number of benzene rings is 1. The standard InChI is InChI=1S/C17H15IN8O4S/c1-7-21-11-3-2-8(18)4-9(11)15(29)26(7)20-6-12-24-25-17(31-12)19-5-10-13(27)22-16(30)23-14(10)28/h2-4,10,20H,5-6H2,1H3,(H,19,25)(H2,22,23,27,28,30). The number of amides is 4. The van der Waals surface area contributed by atoms with Crippen LogP contribution in [0, 0.1) is 16.4 Å². The van der Waals surface area contributed by atoms with Crippen molar-refractivity contribution in [3.63, 3.8) is 0 Å². The van der Waals surface area contributed by atoms with E-state index in [9.17, 15) is 19.2 Å². The maximum absolute atomic E-state index is 12.8. The molecule has 14 heteroatoms. The van der Waals surface area contributed by atoms with Gasteiger partial charge in [-0.15, -0.1) is 10.2 Å². The normalized spacial score (nSPS) is 14.5. The van der Waals surface area contributed by atoms with E-state index in [2.05, 4.69) is 48.5 Å². The van der Waals surface area contributed by atoms with Crippen molar-refractivity contribution in [2.45, 2.75) is 13.5 Å². The van der Waals surface area contributed by atoms with Gasteiger partial charge in [-0.1, -0.05) is 11.3 Å². The summed E-state index contributed by atoms with van der Waals surface area (Å²) in [5.41, 5.74) is 3.41. The van der Waals surface area contributed by atoms with Gasteiger partial charge in [0.15, 0.2) is 0 Å². The first-order valence-electron chi connectivity index (χ1n) is 8.96. The number of hydrogen-bond donors (Lipinski definition) is 4. The summed E-state index contributed by atoms with van der Waals surface area (Å²) in [4.78, 5) is 51.9. The van der Waals surface area contributed by atoms with Crippen LogP contribution in [0.3, 0.4) is 0 Å². The molecule has 0 radical (unpaired) electrons. The Labute approximate surface area is 191 Å². The third kappa shape index (κ3) is 4.48. The van der Waals surface area contributed by atoms with Crippen LogP contribution in [0.2, 0.25) is 0 Å². The monoisotopic (exact) mass is 554 g/mol. The zero-order valence-electron chi connectivity index (χ0n) is 15.9. The number of barbiturate groups is 1. The molecule has 1 saturated heterocycles. The van der Waals surface area contributed by atoms with Crippen LogP contribution in [0.4, 0.5) is 9.93 Å². The summed E-state index contributed by atoms with van der Waals surface area (Å²) in [6.07, 6.45) is 0. The molecule has 160 valence electrons. The second-order valence-electron chi connectivity index (χ2n) is 6.54. The largest absolute Gasteiger partial charge is 0.359 e. The fourth-order valence-electron chi connectivity index (χ4n) is 2.92. The van der Waals surface area contributed by atoms with Crippen LogP contribution in [-0.4, -0.2) is 44.2 Å². The second kappa shape index (κ2) is 8.54. The number of imide groups is 2. The second-order valence-corrected chi connectivity index (χ2v) is 8.85. The highest BCUT2D eigenvalue weighted by Crippen LogP contribution is 2.17. The van der Waals surface area contributed by atoms with Gasteiger partial charge in [-0.2, -0.15) is 0 Å². The Morgan fingerprint density at radius 2 is 1.90 bits per heavy atom. The number of fused-ring (bicyclic) bond motifs is 1. The smallest absolute Gasteiger partial charge is 0.328 e. The number of halogens is 1. The summed E-state index contributed by atoms with van der Waals surface area (Å²) in [6, 6.07) is 4.64. The maximum atomic E-state index is 12.8. The molecular weight excluding hydrogens is 539 g/mol. The van der Waals surface area contributed by atoms with E-state index < -0.39 is 23.8 Å². The highest BCUT2D eigenvalue weighted by Gasteiger charge is 2.34. The predicted molar refractivity (Wildman–Crippen MR) is 120 cm³/mol. The number of rotatable bonds is 6. The first kappa shape index (κ1) is 21.1. The molecule has 4 rings (SSSR count). The molecule has 1 aromatic carbocycles. The average molecular weight is 554 g/mol. The van der Waals surface area contributed by atoms with Crippen LogP contribution >= 0.6 is 33.9 Å². The zero-order valence-corrected chi connectivity index (χ0v) is 18.9. The number of anilines is 1. The Kier molecular flexibility index (Phi) is 5.81. The van der Waals surface area contributed by atoms with Gasteiger partial charge in [0.25, 0.3) is 5.56 Å². The van der Waals surface area contributed by atoms with Crippen molar-refractivity contribution >= 4 is 67.8 Å². The highest BCUT2D eigenvalue weighted by molar-refractivity contribution is 14.1. The summed E-state index contributed by atoms with van der Waals surface area (Å²) in [7, 11) is 0.